The van der Waals surface area contributed by atoms with Crippen LogP contribution in [-0.2, 0) is 14.3 Å². The molecular weight excluding hydrogens is 570 g/mol. The summed E-state index contributed by atoms with van der Waals surface area (Å²) in [5.74, 6) is -0.684. The lowest BCUT2D eigenvalue weighted by molar-refractivity contribution is -0.151. The van der Waals surface area contributed by atoms with Gasteiger partial charge in [0, 0.05) is 55.9 Å². The van der Waals surface area contributed by atoms with Gasteiger partial charge in [-0.15, -0.1) is 0 Å². The lowest BCUT2D eigenvalue weighted by Gasteiger charge is -2.41. The Kier molecular flexibility index (Phi) is 12.8. The molecule has 0 radical (unpaired) electrons. The molecule has 1 amide bonds. The highest BCUT2D eigenvalue weighted by Crippen LogP contribution is 2.28. The van der Waals surface area contributed by atoms with Gasteiger partial charge in [-0.2, -0.15) is 0 Å². The SMILES string of the molecule is C/C(=C\C=C\[C@@H](C)c1ccccn1)[C@H]1OC(=O)C[C@H](O)CC[C@@](C)(O)[C@@H](OC(=O)N2CCN(C3CCCCC3)CC2)/C=C/[C@@H]1C. The summed E-state index contributed by atoms with van der Waals surface area (Å²) in [6, 6.07) is 6.44. The standard InChI is InChI=1S/C36H53N3O6/c1-26(31-15-8-9-20-37-31)11-10-12-27(2)34-28(3)16-17-32(36(4,43)19-18-30(40)25-33(41)45-34)44-35(42)39-23-21-38(22-24-39)29-13-6-5-7-14-29/h8-12,15-17,20,26,28-30,32,34,40,43H,5-7,13-14,18-19,21-25H2,1-4H3/b11-10+,17-16+,27-12+/t26-,28+,30-,32+,34-,36-/m1/s1. The van der Waals surface area contributed by atoms with Crippen LogP contribution in [0, 0.1) is 5.92 Å². The van der Waals surface area contributed by atoms with Gasteiger partial charge in [-0.05, 0) is 63.3 Å². The third kappa shape index (κ3) is 10.2. The molecule has 248 valence electrons. The number of rotatable bonds is 6. The van der Waals surface area contributed by atoms with Crippen molar-refractivity contribution in [3.63, 3.8) is 0 Å². The second-order valence-electron chi connectivity index (χ2n) is 13.4. The fraction of sp³-hybridized carbons (Fsp3) is 0.639. The molecule has 6 atom stereocenters. The van der Waals surface area contributed by atoms with Crippen molar-refractivity contribution in [1.82, 2.24) is 14.8 Å². The predicted molar refractivity (Wildman–Crippen MR) is 175 cm³/mol. The maximum absolute atomic E-state index is 13.3. The Morgan fingerprint density at radius 3 is 2.56 bits per heavy atom. The highest BCUT2D eigenvalue weighted by Gasteiger charge is 2.37. The van der Waals surface area contributed by atoms with Gasteiger partial charge in [0.2, 0.25) is 0 Å². The summed E-state index contributed by atoms with van der Waals surface area (Å²) in [7, 11) is 0. The Morgan fingerprint density at radius 1 is 1.13 bits per heavy atom. The lowest BCUT2D eigenvalue weighted by atomic mass is 9.88. The van der Waals surface area contributed by atoms with Crippen molar-refractivity contribution in [3.8, 4) is 0 Å². The summed E-state index contributed by atoms with van der Waals surface area (Å²) in [6.45, 7) is 10.4. The Hall–Kier alpha value is -3.01. The van der Waals surface area contributed by atoms with Gasteiger partial charge < -0.3 is 24.6 Å². The highest BCUT2D eigenvalue weighted by molar-refractivity contribution is 5.70. The van der Waals surface area contributed by atoms with Gasteiger partial charge in [0.1, 0.15) is 11.7 Å². The Balaban J connectivity index is 1.46. The van der Waals surface area contributed by atoms with E-state index in [0.29, 0.717) is 19.1 Å². The fourth-order valence-corrected chi connectivity index (χ4v) is 6.56. The number of pyridine rings is 1. The summed E-state index contributed by atoms with van der Waals surface area (Å²) >= 11 is 0. The number of aromatic nitrogens is 1. The number of nitrogens with zero attached hydrogens (tertiary/aromatic N) is 3. The number of aliphatic hydroxyl groups excluding tert-OH is 1. The van der Waals surface area contributed by atoms with Gasteiger partial charge in [0.25, 0.3) is 0 Å². The lowest BCUT2D eigenvalue weighted by Crippen LogP contribution is -2.53. The number of amides is 1. The third-order valence-electron chi connectivity index (χ3n) is 9.58. The summed E-state index contributed by atoms with van der Waals surface area (Å²) in [5, 5.41) is 22.1. The number of hydrogen-bond acceptors (Lipinski definition) is 8. The van der Waals surface area contributed by atoms with E-state index in [1.54, 1.807) is 24.1 Å². The first-order valence-corrected chi connectivity index (χ1v) is 16.8. The number of carbonyl (C=O) groups is 2. The molecule has 3 heterocycles. The number of ether oxygens (including phenoxy) is 2. The van der Waals surface area contributed by atoms with Gasteiger partial charge in [-0.25, -0.2) is 4.79 Å². The van der Waals surface area contributed by atoms with Crippen LogP contribution in [0.25, 0.3) is 0 Å². The van der Waals surface area contributed by atoms with Crippen LogP contribution in [0.4, 0.5) is 4.79 Å². The molecule has 1 aromatic rings. The van der Waals surface area contributed by atoms with E-state index in [-0.39, 0.29) is 31.1 Å². The molecule has 1 aromatic heterocycles. The molecule has 0 unspecified atom stereocenters. The van der Waals surface area contributed by atoms with Crippen molar-refractivity contribution in [2.24, 2.45) is 5.92 Å². The molecule has 0 aromatic carbocycles. The molecule has 1 saturated heterocycles. The number of allylic oxidation sites excluding steroid dienone is 3. The first kappa shape index (κ1) is 34.9. The van der Waals surface area contributed by atoms with E-state index in [0.717, 1.165) is 24.4 Å². The molecule has 4 rings (SSSR count). The second kappa shape index (κ2) is 16.5. The molecule has 9 heteroatoms. The van der Waals surface area contributed by atoms with E-state index in [1.165, 1.54) is 32.1 Å². The van der Waals surface area contributed by atoms with Gasteiger partial charge >= 0.3 is 12.1 Å². The molecule has 45 heavy (non-hydrogen) atoms. The Morgan fingerprint density at radius 2 is 1.87 bits per heavy atom. The molecule has 2 N–H and O–H groups in total. The summed E-state index contributed by atoms with van der Waals surface area (Å²) < 4.78 is 11.9. The molecule has 2 aliphatic heterocycles. The van der Waals surface area contributed by atoms with E-state index in [2.05, 4.69) is 16.8 Å². The first-order valence-electron chi connectivity index (χ1n) is 16.8. The summed E-state index contributed by atoms with van der Waals surface area (Å²) in [4.78, 5) is 34.8. The zero-order valence-corrected chi connectivity index (χ0v) is 27.5. The summed E-state index contributed by atoms with van der Waals surface area (Å²) in [5.41, 5.74) is 0.346. The number of hydrogen-bond donors (Lipinski definition) is 2. The zero-order chi connectivity index (χ0) is 32.4. The Bertz CT molecular complexity index is 1180. The van der Waals surface area contributed by atoms with Crippen molar-refractivity contribution < 1.29 is 29.3 Å². The minimum atomic E-state index is -1.44. The molecule has 1 aliphatic carbocycles. The third-order valence-corrected chi connectivity index (χ3v) is 9.58. The highest BCUT2D eigenvalue weighted by atomic mass is 16.6. The van der Waals surface area contributed by atoms with Gasteiger partial charge in [-0.3, -0.25) is 14.7 Å². The number of cyclic esters (lactones) is 1. The molecule has 3 aliphatic rings. The van der Waals surface area contributed by atoms with Crippen LogP contribution in [0.2, 0.25) is 0 Å². The maximum Gasteiger partial charge on any atom is 0.410 e. The minimum absolute atomic E-state index is 0.106. The predicted octanol–water partition coefficient (Wildman–Crippen LogP) is 5.54. The molecular formula is C36H53N3O6. The largest absolute Gasteiger partial charge is 0.457 e. The Labute approximate surface area is 269 Å². The number of piperazine rings is 1. The fourth-order valence-electron chi connectivity index (χ4n) is 6.56. The van der Waals surface area contributed by atoms with Crippen molar-refractivity contribution in [2.45, 2.75) is 115 Å². The van der Waals surface area contributed by atoms with Crippen LogP contribution in [-0.4, -0.2) is 93.2 Å². The van der Waals surface area contributed by atoms with E-state index >= 15 is 0 Å². The summed E-state index contributed by atoms with van der Waals surface area (Å²) in [6.07, 6.45) is 14.7. The smallest absolute Gasteiger partial charge is 0.410 e. The quantitative estimate of drug-likeness (QED) is 0.241. The monoisotopic (exact) mass is 623 g/mol. The number of carbonyl (C=O) groups excluding carboxylic acids is 2. The number of aliphatic hydroxyl groups is 2. The van der Waals surface area contributed by atoms with Crippen LogP contribution in [0.5, 0.6) is 0 Å². The van der Waals surface area contributed by atoms with Gasteiger partial charge in [0.05, 0.1) is 12.5 Å². The van der Waals surface area contributed by atoms with Gasteiger partial charge in [-0.1, -0.05) is 63.5 Å². The average Bonchev–Trinajstić information content (AvgIpc) is 3.04. The maximum atomic E-state index is 13.3. The topological polar surface area (TPSA) is 112 Å². The molecule has 9 nitrogen and oxygen atoms in total. The molecule has 2 fully saturated rings. The normalized spacial score (nSPS) is 31.5. The van der Waals surface area contributed by atoms with Gasteiger partial charge in [0.15, 0.2) is 6.10 Å². The van der Waals surface area contributed by atoms with Crippen molar-refractivity contribution in [2.75, 3.05) is 26.2 Å². The van der Waals surface area contributed by atoms with Crippen LogP contribution in [0.15, 0.2) is 60.3 Å². The molecule has 0 bridgehead atoms. The van der Waals surface area contributed by atoms with Crippen molar-refractivity contribution in [3.05, 3.63) is 66.0 Å². The molecule has 1 saturated carbocycles. The second-order valence-corrected chi connectivity index (χ2v) is 13.4. The zero-order valence-electron chi connectivity index (χ0n) is 27.5. The minimum Gasteiger partial charge on any atom is -0.457 e. The van der Waals surface area contributed by atoms with Crippen LogP contribution in [0.3, 0.4) is 0 Å². The van der Waals surface area contributed by atoms with Crippen LogP contribution < -0.4 is 0 Å². The molecule has 0 spiro atoms. The van der Waals surface area contributed by atoms with E-state index < -0.39 is 36.0 Å². The number of esters is 1. The van der Waals surface area contributed by atoms with E-state index in [1.807, 2.05) is 56.4 Å². The van der Waals surface area contributed by atoms with Crippen LogP contribution in [0.1, 0.15) is 90.7 Å². The van der Waals surface area contributed by atoms with E-state index in [4.69, 9.17) is 9.47 Å². The average molecular weight is 624 g/mol. The van der Waals surface area contributed by atoms with E-state index in [9.17, 15) is 19.8 Å². The van der Waals surface area contributed by atoms with Crippen LogP contribution >= 0.6 is 0 Å². The van der Waals surface area contributed by atoms with Crippen molar-refractivity contribution >= 4 is 12.1 Å². The first-order chi connectivity index (χ1) is 21.5. The van der Waals surface area contributed by atoms with Crippen molar-refractivity contribution in [1.29, 1.82) is 0 Å².